The molecule has 3 aromatic rings. The summed E-state index contributed by atoms with van der Waals surface area (Å²) in [4.78, 5) is 8.65. The van der Waals surface area contributed by atoms with Gasteiger partial charge in [0, 0.05) is 12.3 Å². The molecule has 0 aliphatic carbocycles. The molecule has 5 nitrogen and oxygen atoms in total. The standard InChI is InChI=1S/C14H14N4O/c1-19-11-5-6-12-13(8-11)18(14(15)17-12)9-10-4-2-3-7-16-10/h2-8H,9H2,1H3,(H2,15,17). The number of nitrogen functional groups attached to an aromatic ring is 1. The van der Waals surface area contributed by atoms with E-state index in [1.165, 1.54) is 0 Å². The van der Waals surface area contributed by atoms with E-state index in [1.807, 2.05) is 41.0 Å². The van der Waals surface area contributed by atoms with E-state index in [1.54, 1.807) is 13.3 Å². The number of aromatic nitrogens is 3. The number of pyridine rings is 1. The molecule has 2 aromatic heterocycles. The Morgan fingerprint density at radius 2 is 2.16 bits per heavy atom. The average molecular weight is 254 g/mol. The molecule has 1 aromatic carbocycles. The molecule has 0 bridgehead atoms. The molecule has 0 unspecified atom stereocenters. The summed E-state index contributed by atoms with van der Waals surface area (Å²) in [5.41, 5.74) is 8.72. The molecule has 0 atom stereocenters. The fourth-order valence-electron chi connectivity index (χ4n) is 2.07. The highest BCUT2D eigenvalue weighted by molar-refractivity contribution is 5.80. The van der Waals surface area contributed by atoms with Crippen LogP contribution in [0.4, 0.5) is 5.95 Å². The Morgan fingerprint density at radius 1 is 1.26 bits per heavy atom. The van der Waals surface area contributed by atoms with Gasteiger partial charge in [-0.15, -0.1) is 0 Å². The van der Waals surface area contributed by atoms with Gasteiger partial charge in [-0.3, -0.25) is 4.98 Å². The third-order valence-electron chi connectivity index (χ3n) is 3.03. The highest BCUT2D eigenvalue weighted by Gasteiger charge is 2.09. The molecule has 0 saturated carbocycles. The summed E-state index contributed by atoms with van der Waals surface area (Å²) in [5, 5.41) is 0. The van der Waals surface area contributed by atoms with Crippen LogP contribution in [0.15, 0.2) is 42.6 Å². The van der Waals surface area contributed by atoms with E-state index in [0.717, 1.165) is 22.5 Å². The van der Waals surface area contributed by atoms with Crippen LogP contribution < -0.4 is 10.5 Å². The minimum Gasteiger partial charge on any atom is -0.497 e. The zero-order valence-electron chi connectivity index (χ0n) is 10.6. The third kappa shape index (κ3) is 2.10. The smallest absolute Gasteiger partial charge is 0.201 e. The van der Waals surface area contributed by atoms with E-state index in [0.29, 0.717) is 12.5 Å². The number of nitrogens with zero attached hydrogens (tertiary/aromatic N) is 3. The maximum absolute atomic E-state index is 5.98. The Balaban J connectivity index is 2.09. The lowest BCUT2D eigenvalue weighted by atomic mass is 10.3. The molecule has 2 N–H and O–H groups in total. The van der Waals surface area contributed by atoms with Crippen LogP contribution in [0.5, 0.6) is 5.75 Å². The van der Waals surface area contributed by atoms with E-state index in [2.05, 4.69) is 9.97 Å². The van der Waals surface area contributed by atoms with E-state index in [4.69, 9.17) is 10.5 Å². The van der Waals surface area contributed by atoms with Gasteiger partial charge in [0.05, 0.1) is 30.4 Å². The number of ether oxygens (including phenoxy) is 1. The number of hydrogen-bond acceptors (Lipinski definition) is 4. The molecule has 0 spiro atoms. The number of hydrogen-bond donors (Lipinski definition) is 1. The van der Waals surface area contributed by atoms with Crippen molar-refractivity contribution in [3.63, 3.8) is 0 Å². The van der Waals surface area contributed by atoms with Crippen LogP contribution in [0, 0.1) is 0 Å². The van der Waals surface area contributed by atoms with Gasteiger partial charge in [0.2, 0.25) is 5.95 Å². The average Bonchev–Trinajstić information content (AvgIpc) is 2.76. The Kier molecular flexibility index (Phi) is 2.79. The molecule has 2 heterocycles. The Hall–Kier alpha value is -2.56. The lowest BCUT2D eigenvalue weighted by molar-refractivity contribution is 0.415. The van der Waals surface area contributed by atoms with Gasteiger partial charge < -0.3 is 15.0 Å². The molecule has 0 amide bonds. The molecule has 0 radical (unpaired) electrons. The molecule has 0 fully saturated rings. The molecule has 0 saturated heterocycles. The predicted octanol–water partition coefficient (Wildman–Crippen LogP) is 2.07. The van der Waals surface area contributed by atoms with E-state index in [9.17, 15) is 0 Å². The van der Waals surface area contributed by atoms with Crippen LogP contribution >= 0.6 is 0 Å². The normalized spacial score (nSPS) is 10.8. The van der Waals surface area contributed by atoms with Gasteiger partial charge in [0.1, 0.15) is 5.75 Å². The molecular formula is C14H14N4O. The fraction of sp³-hybridized carbons (Fsp3) is 0.143. The van der Waals surface area contributed by atoms with E-state index >= 15 is 0 Å². The fourth-order valence-corrected chi connectivity index (χ4v) is 2.07. The summed E-state index contributed by atoms with van der Waals surface area (Å²) in [6, 6.07) is 11.5. The van der Waals surface area contributed by atoms with Crippen LogP contribution in [0.1, 0.15) is 5.69 Å². The molecule has 5 heteroatoms. The SMILES string of the molecule is COc1ccc2nc(N)n(Cc3ccccn3)c2c1. The third-order valence-corrected chi connectivity index (χ3v) is 3.03. The topological polar surface area (TPSA) is 66.0 Å². The molecule has 3 rings (SSSR count). The maximum atomic E-state index is 5.98. The quantitative estimate of drug-likeness (QED) is 0.777. The zero-order chi connectivity index (χ0) is 13.2. The first-order valence-electron chi connectivity index (χ1n) is 5.97. The van der Waals surface area contributed by atoms with Crippen molar-refractivity contribution in [2.75, 3.05) is 12.8 Å². The molecule has 96 valence electrons. The lowest BCUT2D eigenvalue weighted by Crippen LogP contribution is -2.05. The highest BCUT2D eigenvalue weighted by atomic mass is 16.5. The van der Waals surface area contributed by atoms with Crippen LogP contribution in [0.2, 0.25) is 0 Å². The van der Waals surface area contributed by atoms with Gasteiger partial charge in [-0.1, -0.05) is 6.07 Å². The largest absolute Gasteiger partial charge is 0.497 e. The summed E-state index contributed by atoms with van der Waals surface area (Å²) >= 11 is 0. The minimum absolute atomic E-state index is 0.480. The summed E-state index contributed by atoms with van der Waals surface area (Å²) in [6.45, 7) is 0.594. The van der Waals surface area contributed by atoms with E-state index < -0.39 is 0 Å². The predicted molar refractivity (Wildman–Crippen MR) is 74.0 cm³/mol. The first-order chi connectivity index (χ1) is 9.28. The molecule has 19 heavy (non-hydrogen) atoms. The number of fused-ring (bicyclic) bond motifs is 1. The van der Waals surface area contributed by atoms with Crippen molar-refractivity contribution in [2.45, 2.75) is 6.54 Å². The second-order valence-corrected chi connectivity index (χ2v) is 4.23. The first-order valence-corrected chi connectivity index (χ1v) is 5.97. The van der Waals surface area contributed by atoms with Crippen molar-refractivity contribution in [3.05, 3.63) is 48.3 Å². The minimum atomic E-state index is 0.480. The number of imidazole rings is 1. The van der Waals surface area contributed by atoms with Gasteiger partial charge in [-0.25, -0.2) is 4.98 Å². The van der Waals surface area contributed by atoms with Gasteiger partial charge in [0.25, 0.3) is 0 Å². The Bertz CT molecular complexity index is 706. The van der Waals surface area contributed by atoms with Crippen LogP contribution in [0.25, 0.3) is 11.0 Å². The second kappa shape index (κ2) is 4.61. The molecule has 0 aliphatic heterocycles. The number of methoxy groups -OCH3 is 1. The zero-order valence-corrected chi connectivity index (χ0v) is 10.6. The van der Waals surface area contributed by atoms with Gasteiger partial charge >= 0.3 is 0 Å². The van der Waals surface area contributed by atoms with Crippen molar-refractivity contribution < 1.29 is 4.74 Å². The molecule has 0 aliphatic rings. The summed E-state index contributed by atoms with van der Waals surface area (Å²) < 4.78 is 7.17. The molecular weight excluding hydrogens is 240 g/mol. The van der Waals surface area contributed by atoms with E-state index in [-0.39, 0.29) is 0 Å². The Morgan fingerprint density at radius 3 is 2.89 bits per heavy atom. The summed E-state index contributed by atoms with van der Waals surface area (Å²) in [5.74, 6) is 1.27. The van der Waals surface area contributed by atoms with Gasteiger partial charge in [-0.2, -0.15) is 0 Å². The van der Waals surface area contributed by atoms with Crippen LogP contribution in [0.3, 0.4) is 0 Å². The van der Waals surface area contributed by atoms with Crippen LogP contribution in [-0.4, -0.2) is 21.6 Å². The van der Waals surface area contributed by atoms with Crippen molar-refractivity contribution in [3.8, 4) is 5.75 Å². The van der Waals surface area contributed by atoms with Gasteiger partial charge in [0.15, 0.2) is 0 Å². The van der Waals surface area contributed by atoms with Gasteiger partial charge in [-0.05, 0) is 24.3 Å². The summed E-state index contributed by atoms with van der Waals surface area (Å²) in [7, 11) is 1.64. The Labute approximate surface area is 110 Å². The first kappa shape index (κ1) is 11.5. The number of anilines is 1. The number of nitrogens with two attached hydrogens (primary N) is 1. The van der Waals surface area contributed by atoms with Crippen molar-refractivity contribution >= 4 is 17.0 Å². The lowest BCUT2D eigenvalue weighted by Gasteiger charge is -2.06. The highest BCUT2D eigenvalue weighted by Crippen LogP contribution is 2.23. The number of benzene rings is 1. The van der Waals surface area contributed by atoms with Crippen LogP contribution in [-0.2, 0) is 6.54 Å². The number of rotatable bonds is 3. The monoisotopic (exact) mass is 254 g/mol. The van der Waals surface area contributed by atoms with Crippen molar-refractivity contribution in [1.82, 2.24) is 14.5 Å². The van der Waals surface area contributed by atoms with Crippen molar-refractivity contribution in [2.24, 2.45) is 0 Å². The second-order valence-electron chi connectivity index (χ2n) is 4.23. The summed E-state index contributed by atoms with van der Waals surface area (Å²) in [6.07, 6.45) is 1.77. The van der Waals surface area contributed by atoms with Crippen molar-refractivity contribution in [1.29, 1.82) is 0 Å². The maximum Gasteiger partial charge on any atom is 0.201 e.